The molecule has 1 atom stereocenters. The molecule has 0 fully saturated rings. The molecule has 0 aliphatic heterocycles. The van der Waals surface area contributed by atoms with E-state index in [0.717, 1.165) is 29.7 Å². The van der Waals surface area contributed by atoms with Crippen LogP contribution in [-0.2, 0) is 38.5 Å². The zero-order chi connectivity index (χ0) is 32.3. The van der Waals surface area contributed by atoms with E-state index < -0.39 is 26.1 Å². The summed E-state index contributed by atoms with van der Waals surface area (Å²) < 4.78 is 13.5. The number of carbonyl (C=O) groups excluding carboxylic acids is 2. The molecule has 1 heterocycles. The maximum atomic E-state index is 12.1. The van der Waals surface area contributed by atoms with E-state index in [4.69, 9.17) is 14.1 Å². The van der Waals surface area contributed by atoms with E-state index in [0.29, 0.717) is 31.8 Å². The second-order valence-corrected chi connectivity index (χ2v) is 17.8. The minimum Gasteiger partial charge on any atom is -0.444 e. The van der Waals surface area contributed by atoms with Crippen LogP contribution in [0.2, 0.25) is 18.1 Å². The van der Waals surface area contributed by atoms with Crippen molar-refractivity contribution in [3.8, 4) is 0 Å². The van der Waals surface area contributed by atoms with Crippen molar-refractivity contribution in [1.29, 1.82) is 0 Å². The quantitative estimate of drug-likeness (QED) is 0.0635. The fourth-order valence-corrected chi connectivity index (χ4v) is 4.48. The number of carbonyl (C=O) groups is 2. The number of nitrogens with one attached hydrogen (secondary N) is 2. The summed E-state index contributed by atoms with van der Waals surface area (Å²) in [4.78, 5) is 34.5. The molecule has 0 bridgehead atoms. The van der Waals surface area contributed by atoms with Crippen molar-refractivity contribution in [2.45, 2.75) is 111 Å². The van der Waals surface area contributed by atoms with Gasteiger partial charge in [0.1, 0.15) is 18.0 Å². The molecule has 0 radical (unpaired) electrons. The van der Waals surface area contributed by atoms with Gasteiger partial charge >= 0.3 is 6.09 Å². The summed E-state index contributed by atoms with van der Waals surface area (Å²) in [6.07, 6.45) is 3.99. The fraction of sp³-hybridized carbons (Fsp3) is 0.613. The second kappa shape index (κ2) is 16.0. The van der Waals surface area contributed by atoms with Crippen LogP contribution < -0.4 is 10.8 Å². The standard InChI is InChI=1S/C31H52N6O5Si/c1-24(37(23-38)40-22-25-16-12-11-13-17-25)26-21-34-36(19-15-14-18-33-29(39)41-30(2,3)4)27(26)20-28(32-8)35-42-43(9,10)31(5,6)7/h11-13,16-17,21,23-24H,14-15,18-20,22H2,1-10H3,(H,32,35)(H,33,39)/t24-/m0/s1. The Morgan fingerprint density at radius 1 is 1.14 bits per heavy atom. The van der Waals surface area contributed by atoms with Crippen LogP contribution in [0.5, 0.6) is 0 Å². The summed E-state index contributed by atoms with van der Waals surface area (Å²) in [6, 6.07) is 9.30. The van der Waals surface area contributed by atoms with E-state index in [2.05, 4.69) is 54.8 Å². The molecule has 2 N–H and O–H groups in total. The molecular weight excluding hydrogens is 564 g/mol. The lowest BCUT2D eigenvalue weighted by atomic mass is 10.1. The zero-order valence-corrected chi connectivity index (χ0v) is 28.7. The minimum absolute atomic E-state index is 0.0220. The average Bonchev–Trinajstić information content (AvgIpc) is 3.32. The average molecular weight is 617 g/mol. The minimum atomic E-state index is -2.09. The van der Waals surface area contributed by atoms with Gasteiger partial charge in [-0.3, -0.25) is 24.8 Å². The predicted molar refractivity (Wildman–Crippen MR) is 172 cm³/mol. The van der Waals surface area contributed by atoms with Gasteiger partial charge in [-0.2, -0.15) is 5.10 Å². The van der Waals surface area contributed by atoms with E-state index in [-0.39, 0.29) is 11.6 Å². The molecule has 0 saturated heterocycles. The van der Waals surface area contributed by atoms with Gasteiger partial charge in [0.15, 0.2) is 0 Å². The number of ether oxygens (including phenoxy) is 1. The van der Waals surface area contributed by atoms with Crippen LogP contribution >= 0.6 is 0 Å². The summed E-state index contributed by atoms with van der Waals surface area (Å²) in [5, 5.41) is 8.83. The number of rotatable bonds is 15. The Balaban J connectivity index is 2.20. The molecule has 0 unspecified atom stereocenters. The molecular formula is C31H52N6O5Si. The van der Waals surface area contributed by atoms with Gasteiger partial charge in [0.2, 0.25) is 14.7 Å². The van der Waals surface area contributed by atoms with E-state index in [1.165, 1.54) is 5.06 Å². The van der Waals surface area contributed by atoms with Crippen LogP contribution in [0.15, 0.2) is 41.5 Å². The van der Waals surface area contributed by atoms with E-state index in [1.807, 2.05) is 62.7 Å². The molecule has 2 aromatic rings. The topological polar surface area (TPSA) is 119 Å². The maximum Gasteiger partial charge on any atom is 0.407 e. The number of aromatic nitrogens is 2. The van der Waals surface area contributed by atoms with Crippen molar-refractivity contribution >= 4 is 26.7 Å². The number of amides is 2. The second-order valence-electron chi connectivity index (χ2n) is 13.1. The monoisotopic (exact) mass is 616 g/mol. The van der Waals surface area contributed by atoms with Gasteiger partial charge in [-0.25, -0.2) is 9.86 Å². The first kappa shape index (κ1) is 36.0. The Kier molecular flexibility index (Phi) is 13.4. The molecule has 12 heteroatoms. The molecule has 0 aliphatic carbocycles. The third-order valence-electron chi connectivity index (χ3n) is 7.44. The molecule has 2 amide bonds. The summed E-state index contributed by atoms with van der Waals surface area (Å²) in [5.74, 6) is 0.662. The van der Waals surface area contributed by atoms with Crippen LogP contribution in [0.3, 0.4) is 0 Å². The Bertz CT molecular complexity index is 1190. The van der Waals surface area contributed by atoms with E-state index in [1.54, 1.807) is 13.2 Å². The van der Waals surface area contributed by atoms with E-state index >= 15 is 0 Å². The Morgan fingerprint density at radius 2 is 1.81 bits per heavy atom. The highest BCUT2D eigenvalue weighted by Crippen LogP contribution is 2.36. The van der Waals surface area contributed by atoms with Gasteiger partial charge in [0.25, 0.3) is 0 Å². The zero-order valence-electron chi connectivity index (χ0n) is 27.7. The van der Waals surface area contributed by atoms with Crippen LogP contribution in [0.1, 0.15) is 84.2 Å². The number of hydrogen-bond acceptors (Lipinski definition) is 7. The Hall–Kier alpha value is -3.22. The Labute approximate surface area is 258 Å². The molecule has 0 spiro atoms. The van der Waals surface area contributed by atoms with Crippen LogP contribution in [0, 0.1) is 0 Å². The molecule has 2 rings (SSSR count). The van der Waals surface area contributed by atoms with Crippen molar-refractivity contribution in [2.24, 2.45) is 4.99 Å². The lowest BCUT2D eigenvalue weighted by molar-refractivity contribution is -0.191. The van der Waals surface area contributed by atoms with Crippen LogP contribution in [0.25, 0.3) is 0 Å². The SMILES string of the molecule is CN=C(Cc1c([C@H](C)N(C=O)OCc2ccccc2)cnn1CCCCNC(=O)OC(C)(C)C)NO[Si](C)(C)C(C)(C)C. The normalized spacial score (nSPS) is 13.4. The highest BCUT2D eigenvalue weighted by molar-refractivity contribution is 6.74. The fourth-order valence-electron chi connectivity index (χ4n) is 3.80. The van der Waals surface area contributed by atoms with Gasteiger partial charge in [-0.15, -0.1) is 0 Å². The lowest BCUT2D eigenvalue weighted by Gasteiger charge is -2.35. The molecule has 1 aromatic carbocycles. The summed E-state index contributed by atoms with van der Waals surface area (Å²) >= 11 is 0. The van der Waals surface area contributed by atoms with Gasteiger partial charge in [0.05, 0.1) is 17.9 Å². The predicted octanol–water partition coefficient (Wildman–Crippen LogP) is 5.94. The van der Waals surface area contributed by atoms with Crippen LogP contribution in [-0.4, -0.2) is 60.7 Å². The third-order valence-corrected chi connectivity index (χ3v) is 11.7. The van der Waals surface area contributed by atoms with Gasteiger partial charge in [0, 0.05) is 32.1 Å². The van der Waals surface area contributed by atoms with Gasteiger partial charge in [-0.05, 0) is 64.2 Å². The molecule has 0 saturated carbocycles. The highest BCUT2D eigenvalue weighted by atomic mass is 28.4. The maximum absolute atomic E-state index is 12.1. The van der Waals surface area contributed by atoms with Crippen molar-refractivity contribution in [3.63, 3.8) is 0 Å². The number of aryl methyl sites for hydroxylation is 1. The lowest BCUT2D eigenvalue weighted by Crippen LogP contribution is -2.47. The summed E-state index contributed by atoms with van der Waals surface area (Å²) in [6.45, 7) is 19.7. The third kappa shape index (κ3) is 11.8. The largest absolute Gasteiger partial charge is 0.444 e. The smallest absolute Gasteiger partial charge is 0.407 e. The first-order chi connectivity index (χ1) is 20.1. The van der Waals surface area contributed by atoms with Crippen molar-refractivity contribution in [2.75, 3.05) is 13.6 Å². The molecule has 0 aliphatic rings. The number of alkyl carbamates (subject to hydrolysis) is 1. The first-order valence-electron chi connectivity index (χ1n) is 14.9. The number of nitrogens with zero attached hydrogens (tertiary/aromatic N) is 4. The number of aliphatic imine (C=N–C) groups is 1. The first-order valence-corrected chi connectivity index (χ1v) is 17.8. The number of unbranched alkanes of at least 4 members (excludes halogenated alkanes) is 1. The van der Waals surface area contributed by atoms with Crippen molar-refractivity contribution in [3.05, 3.63) is 53.3 Å². The number of hydrogen-bond donors (Lipinski definition) is 2. The number of amidine groups is 1. The molecule has 1 aromatic heterocycles. The van der Waals surface area contributed by atoms with Crippen molar-refractivity contribution in [1.82, 2.24) is 25.6 Å². The highest BCUT2D eigenvalue weighted by Gasteiger charge is 2.38. The van der Waals surface area contributed by atoms with Crippen LogP contribution in [0.4, 0.5) is 4.79 Å². The molecule has 11 nitrogen and oxygen atoms in total. The molecule has 43 heavy (non-hydrogen) atoms. The Morgan fingerprint density at radius 3 is 2.40 bits per heavy atom. The van der Waals surface area contributed by atoms with Crippen molar-refractivity contribution < 1.29 is 23.7 Å². The molecule has 240 valence electrons. The number of benzene rings is 1. The van der Waals surface area contributed by atoms with Gasteiger partial charge < -0.3 is 14.6 Å². The van der Waals surface area contributed by atoms with Gasteiger partial charge in [-0.1, -0.05) is 51.1 Å². The van der Waals surface area contributed by atoms with E-state index in [9.17, 15) is 9.59 Å². The summed E-state index contributed by atoms with van der Waals surface area (Å²) in [5.41, 5.74) is 5.31. The summed E-state index contributed by atoms with van der Waals surface area (Å²) in [7, 11) is -0.363. The number of hydroxylamine groups is 3.